The Kier molecular flexibility index (Phi) is 6.07. The number of pyridine rings is 1. The van der Waals surface area contributed by atoms with Crippen LogP contribution in [0.3, 0.4) is 0 Å². The molecular weight excluding hydrogens is 300 g/mol. The van der Waals surface area contributed by atoms with Gasteiger partial charge in [-0.1, -0.05) is 30.7 Å². The Hall–Kier alpha value is -2.69. The number of hydrogen-bond acceptors (Lipinski definition) is 4. The molecule has 2 N–H and O–H groups in total. The van der Waals surface area contributed by atoms with Crippen LogP contribution in [0, 0.1) is 20.8 Å². The summed E-state index contributed by atoms with van der Waals surface area (Å²) in [7, 11) is 0. The molecule has 5 nitrogen and oxygen atoms in total. The predicted octanol–water partition coefficient (Wildman–Crippen LogP) is 3.35. The molecule has 0 spiro atoms. The zero-order valence-electron chi connectivity index (χ0n) is 14.6. The summed E-state index contributed by atoms with van der Waals surface area (Å²) in [5.74, 6) is -0.165. The Labute approximate surface area is 143 Å². The molecule has 126 valence electrons. The number of anilines is 1. The number of carbonyl (C=O) groups is 1. The van der Waals surface area contributed by atoms with Crippen LogP contribution in [0.2, 0.25) is 0 Å². The Morgan fingerprint density at radius 2 is 2.04 bits per heavy atom. The molecule has 1 aromatic carbocycles. The number of aryl methyl sites for hydroxylation is 3. The molecule has 0 aliphatic carbocycles. The van der Waals surface area contributed by atoms with E-state index in [-0.39, 0.29) is 11.9 Å². The lowest BCUT2D eigenvalue weighted by Gasteiger charge is -2.18. The molecule has 1 heterocycles. The lowest BCUT2D eigenvalue weighted by atomic mass is 10.1. The average molecular weight is 324 g/mol. The number of hydrogen-bond donors (Lipinski definition) is 2. The van der Waals surface area contributed by atoms with Gasteiger partial charge in [-0.3, -0.25) is 9.78 Å². The van der Waals surface area contributed by atoms with Crippen LogP contribution in [-0.2, 0) is 4.79 Å². The number of rotatable bonds is 6. The second-order valence-corrected chi connectivity index (χ2v) is 5.86. The van der Waals surface area contributed by atoms with E-state index in [1.807, 2.05) is 51.1 Å². The Balaban J connectivity index is 1.98. The third-order valence-electron chi connectivity index (χ3n) is 3.72. The molecular formula is C19H24N4O. The number of aromatic nitrogens is 1. The molecule has 0 radical (unpaired) electrons. The third-order valence-corrected chi connectivity index (χ3v) is 3.72. The van der Waals surface area contributed by atoms with Gasteiger partial charge in [-0.05, 0) is 51.0 Å². The number of nitrogens with one attached hydrogen (secondary N) is 2. The van der Waals surface area contributed by atoms with Gasteiger partial charge in [0.15, 0.2) is 0 Å². The minimum absolute atomic E-state index is 0.165. The molecule has 24 heavy (non-hydrogen) atoms. The topological polar surface area (TPSA) is 66.4 Å². The third kappa shape index (κ3) is 4.91. The fraction of sp³-hybridized carbons (Fsp3) is 0.316. The smallest absolute Gasteiger partial charge is 0.262 e. The summed E-state index contributed by atoms with van der Waals surface area (Å²) < 4.78 is 0. The van der Waals surface area contributed by atoms with Crippen molar-refractivity contribution in [2.45, 2.75) is 40.2 Å². The van der Waals surface area contributed by atoms with E-state index in [0.717, 1.165) is 16.9 Å². The molecule has 0 saturated heterocycles. The van der Waals surface area contributed by atoms with E-state index >= 15 is 0 Å². The summed E-state index contributed by atoms with van der Waals surface area (Å²) >= 11 is 0. The highest BCUT2D eigenvalue weighted by molar-refractivity contribution is 5.86. The molecule has 0 bridgehead atoms. The van der Waals surface area contributed by atoms with E-state index in [9.17, 15) is 4.79 Å². The van der Waals surface area contributed by atoms with Crippen molar-refractivity contribution >= 4 is 17.8 Å². The Morgan fingerprint density at radius 1 is 1.25 bits per heavy atom. The van der Waals surface area contributed by atoms with Gasteiger partial charge in [0.25, 0.3) is 5.91 Å². The van der Waals surface area contributed by atoms with Gasteiger partial charge in [-0.15, -0.1) is 0 Å². The van der Waals surface area contributed by atoms with Gasteiger partial charge >= 0.3 is 0 Å². The average Bonchev–Trinajstić information content (AvgIpc) is 2.54. The van der Waals surface area contributed by atoms with Gasteiger partial charge in [-0.2, -0.15) is 5.10 Å². The van der Waals surface area contributed by atoms with Crippen molar-refractivity contribution in [1.82, 2.24) is 10.4 Å². The van der Waals surface area contributed by atoms with Gasteiger partial charge < -0.3 is 5.32 Å². The summed E-state index contributed by atoms with van der Waals surface area (Å²) in [5.41, 5.74) is 7.49. The quantitative estimate of drug-likeness (QED) is 0.632. The minimum Gasteiger partial charge on any atom is -0.373 e. The predicted molar refractivity (Wildman–Crippen MR) is 98.3 cm³/mol. The maximum absolute atomic E-state index is 12.3. The van der Waals surface area contributed by atoms with E-state index in [0.29, 0.717) is 12.1 Å². The summed E-state index contributed by atoms with van der Waals surface area (Å²) in [6, 6.07) is 11.4. The monoisotopic (exact) mass is 324 g/mol. The van der Waals surface area contributed by atoms with Crippen molar-refractivity contribution in [3.05, 3.63) is 58.9 Å². The lowest BCUT2D eigenvalue weighted by molar-refractivity contribution is -0.121. The number of carbonyl (C=O) groups excluding carboxylic acids is 1. The summed E-state index contributed by atoms with van der Waals surface area (Å²) in [6.07, 6.45) is 2.21. The van der Waals surface area contributed by atoms with Crippen LogP contribution in [0.5, 0.6) is 0 Å². The lowest BCUT2D eigenvalue weighted by Crippen LogP contribution is -2.37. The molecule has 0 saturated carbocycles. The second kappa shape index (κ2) is 8.24. The van der Waals surface area contributed by atoms with Crippen LogP contribution in [0.4, 0.5) is 5.69 Å². The molecule has 2 rings (SSSR count). The number of hydrazone groups is 1. The molecule has 5 heteroatoms. The van der Waals surface area contributed by atoms with E-state index in [2.05, 4.69) is 33.8 Å². The zero-order valence-corrected chi connectivity index (χ0v) is 14.6. The van der Waals surface area contributed by atoms with Gasteiger partial charge in [0.2, 0.25) is 0 Å². The zero-order chi connectivity index (χ0) is 17.5. The van der Waals surface area contributed by atoms with Crippen LogP contribution in [0.25, 0.3) is 0 Å². The van der Waals surface area contributed by atoms with Crippen molar-refractivity contribution in [3.63, 3.8) is 0 Å². The normalized spacial score (nSPS) is 12.2. The minimum atomic E-state index is -0.339. The first kappa shape index (κ1) is 17.7. The second-order valence-electron chi connectivity index (χ2n) is 5.86. The molecule has 2 aromatic rings. The molecule has 0 aliphatic rings. The molecule has 1 aromatic heterocycles. The van der Waals surface area contributed by atoms with Gasteiger partial charge in [0.05, 0.1) is 11.9 Å². The first-order valence-electron chi connectivity index (χ1n) is 8.10. The van der Waals surface area contributed by atoms with Crippen molar-refractivity contribution in [3.8, 4) is 0 Å². The number of nitrogens with zero attached hydrogens (tertiary/aromatic N) is 2. The van der Waals surface area contributed by atoms with Crippen molar-refractivity contribution in [1.29, 1.82) is 0 Å². The SMILES string of the molecule is CC[C@H](Nc1ccc(C)cc1C)C(=O)NN=Cc1cccc(C)n1. The van der Waals surface area contributed by atoms with Crippen LogP contribution < -0.4 is 10.7 Å². The Morgan fingerprint density at radius 3 is 2.71 bits per heavy atom. The number of benzene rings is 1. The maximum Gasteiger partial charge on any atom is 0.262 e. The Bertz CT molecular complexity index is 740. The van der Waals surface area contributed by atoms with Crippen LogP contribution in [0.15, 0.2) is 41.5 Å². The summed E-state index contributed by atoms with van der Waals surface area (Å²) in [6.45, 7) is 7.96. The van der Waals surface area contributed by atoms with E-state index < -0.39 is 0 Å². The summed E-state index contributed by atoms with van der Waals surface area (Å²) in [4.78, 5) is 16.6. The standard InChI is InChI=1S/C19H24N4O/c1-5-17(22-18-10-9-13(2)11-14(18)3)19(24)23-20-12-16-8-6-7-15(4)21-16/h6-12,17,22H,5H2,1-4H3,(H,23,24)/t17-/m0/s1. The van der Waals surface area contributed by atoms with Gasteiger partial charge in [0.1, 0.15) is 6.04 Å². The fourth-order valence-corrected chi connectivity index (χ4v) is 2.39. The van der Waals surface area contributed by atoms with Gasteiger partial charge in [0, 0.05) is 11.4 Å². The highest BCUT2D eigenvalue weighted by Crippen LogP contribution is 2.17. The fourth-order valence-electron chi connectivity index (χ4n) is 2.39. The first-order valence-corrected chi connectivity index (χ1v) is 8.10. The van der Waals surface area contributed by atoms with Gasteiger partial charge in [-0.25, -0.2) is 5.43 Å². The molecule has 0 aliphatic heterocycles. The highest BCUT2D eigenvalue weighted by Gasteiger charge is 2.16. The highest BCUT2D eigenvalue weighted by atomic mass is 16.2. The van der Waals surface area contributed by atoms with Crippen molar-refractivity contribution in [2.75, 3.05) is 5.32 Å². The maximum atomic E-state index is 12.3. The molecule has 1 amide bonds. The van der Waals surface area contributed by atoms with Crippen molar-refractivity contribution in [2.24, 2.45) is 5.10 Å². The van der Waals surface area contributed by atoms with Crippen LogP contribution >= 0.6 is 0 Å². The van der Waals surface area contributed by atoms with E-state index in [1.54, 1.807) is 6.21 Å². The largest absolute Gasteiger partial charge is 0.373 e. The number of amides is 1. The van der Waals surface area contributed by atoms with Crippen molar-refractivity contribution < 1.29 is 4.79 Å². The van der Waals surface area contributed by atoms with Crippen LogP contribution in [0.1, 0.15) is 35.9 Å². The van der Waals surface area contributed by atoms with E-state index in [1.165, 1.54) is 5.56 Å². The van der Waals surface area contributed by atoms with Crippen LogP contribution in [-0.4, -0.2) is 23.1 Å². The molecule has 1 atom stereocenters. The molecule has 0 unspecified atom stereocenters. The summed E-state index contributed by atoms with van der Waals surface area (Å²) in [5, 5.41) is 7.28. The van der Waals surface area contributed by atoms with E-state index in [4.69, 9.17) is 0 Å². The first-order chi connectivity index (χ1) is 11.5. The molecule has 0 fully saturated rings.